The highest BCUT2D eigenvalue weighted by Gasteiger charge is 2.08. The van der Waals surface area contributed by atoms with Crippen LogP contribution in [-0.4, -0.2) is 12.8 Å². The fourth-order valence-corrected chi connectivity index (χ4v) is 3.62. The van der Waals surface area contributed by atoms with Crippen molar-refractivity contribution >= 4 is 23.3 Å². The summed E-state index contributed by atoms with van der Waals surface area (Å²) in [6.07, 6.45) is 1.92. The number of rotatable bonds is 8. The van der Waals surface area contributed by atoms with E-state index in [0.717, 1.165) is 30.0 Å². The van der Waals surface area contributed by atoms with Gasteiger partial charge in [0.15, 0.2) is 0 Å². The molecule has 0 saturated heterocycles. The summed E-state index contributed by atoms with van der Waals surface area (Å²) in [5.41, 5.74) is 6.96. The van der Waals surface area contributed by atoms with Crippen LogP contribution in [0, 0.1) is 6.92 Å². The van der Waals surface area contributed by atoms with Gasteiger partial charge in [0.1, 0.15) is 0 Å². The van der Waals surface area contributed by atoms with Crippen LogP contribution < -0.4 is 9.91 Å². The van der Waals surface area contributed by atoms with Crippen molar-refractivity contribution in [3.63, 3.8) is 0 Å². The van der Waals surface area contributed by atoms with Crippen LogP contribution >= 0.6 is 0 Å². The molecule has 4 aromatic rings. The van der Waals surface area contributed by atoms with Crippen LogP contribution in [-0.2, 0) is 6.54 Å². The van der Waals surface area contributed by atoms with Crippen LogP contribution in [0.2, 0.25) is 0 Å². The monoisotopic (exact) mass is 419 g/mol. The van der Waals surface area contributed by atoms with Crippen LogP contribution in [0.1, 0.15) is 23.6 Å². The van der Waals surface area contributed by atoms with Crippen molar-refractivity contribution in [1.82, 2.24) is 0 Å². The molecule has 0 amide bonds. The first kappa shape index (κ1) is 21.4. The molecule has 3 nitrogen and oxygen atoms in total. The Labute approximate surface area is 191 Å². The Morgan fingerprint density at radius 3 is 1.75 bits per heavy atom. The van der Waals surface area contributed by atoms with Crippen molar-refractivity contribution < 1.29 is 0 Å². The largest absolute Gasteiger partial charge is 0.367 e. The zero-order valence-corrected chi connectivity index (χ0v) is 18.7. The van der Waals surface area contributed by atoms with Gasteiger partial charge in [-0.15, -0.1) is 0 Å². The lowest BCUT2D eigenvalue weighted by Gasteiger charge is -2.23. The van der Waals surface area contributed by atoms with Gasteiger partial charge in [0.25, 0.3) is 0 Å². The lowest BCUT2D eigenvalue weighted by Crippen LogP contribution is -2.21. The Morgan fingerprint density at radius 1 is 0.656 bits per heavy atom. The number of nitrogens with zero attached hydrogens (tertiary/aromatic N) is 3. The summed E-state index contributed by atoms with van der Waals surface area (Å²) in [7, 11) is 0. The molecule has 0 aliphatic rings. The molecule has 0 radical (unpaired) electrons. The third kappa shape index (κ3) is 5.44. The Balaban J connectivity index is 1.51. The van der Waals surface area contributed by atoms with E-state index >= 15 is 0 Å². The summed E-state index contributed by atoms with van der Waals surface area (Å²) in [5, 5.41) is 6.76. The minimum Gasteiger partial charge on any atom is -0.367 e. The van der Waals surface area contributed by atoms with Crippen molar-refractivity contribution in [2.45, 2.75) is 20.4 Å². The molecule has 0 saturated carbocycles. The topological polar surface area (TPSA) is 18.8 Å². The van der Waals surface area contributed by atoms with Crippen molar-refractivity contribution in [3.05, 3.63) is 126 Å². The minimum absolute atomic E-state index is 0.903. The summed E-state index contributed by atoms with van der Waals surface area (Å²) >= 11 is 0. The second-order valence-electron chi connectivity index (χ2n) is 7.82. The van der Waals surface area contributed by atoms with Gasteiger partial charge in [-0.05, 0) is 61.4 Å². The molecule has 0 unspecified atom stereocenters. The predicted octanol–water partition coefficient (Wildman–Crippen LogP) is 7.19. The van der Waals surface area contributed by atoms with Gasteiger partial charge in [-0.3, -0.25) is 0 Å². The Bertz CT molecular complexity index is 1080. The van der Waals surface area contributed by atoms with E-state index in [1.54, 1.807) is 0 Å². The molecule has 4 rings (SSSR count). The van der Waals surface area contributed by atoms with Crippen LogP contribution in [0.3, 0.4) is 0 Å². The zero-order chi connectivity index (χ0) is 22.2. The molecule has 0 bridgehead atoms. The molecule has 0 aliphatic heterocycles. The number of hydrogen-bond acceptors (Lipinski definition) is 3. The molecule has 0 aliphatic carbocycles. The summed E-state index contributed by atoms with van der Waals surface area (Å²) in [5.74, 6) is 0. The molecular weight excluding hydrogens is 390 g/mol. The highest BCUT2D eigenvalue weighted by Crippen LogP contribution is 2.25. The van der Waals surface area contributed by atoms with Gasteiger partial charge in [0, 0.05) is 18.8 Å². The zero-order valence-electron chi connectivity index (χ0n) is 18.7. The summed E-state index contributed by atoms with van der Waals surface area (Å²) in [6.45, 7) is 6.18. The average molecular weight is 420 g/mol. The van der Waals surface area contributed by atoms with Crippen LogP contribution in [0.15, 0.2) is 114 Å². The second-order valence-corrected chi connectivity index (χ2v) is 7.82. The van der Waals surface area contributed by atoms with Crippen LogP contribution in [0.5, 0.6) is 0 Å². The number of hydrogen-bond donors (Lipinski definition) is 0. The van der Waals surface area contributed by atoms with Crippen molar-refractivity contribution in [2.75, 3.05) is 16.5 Å². The smallest absolute Gasteiger partial charge is 0.0652 e. The number of aryl methyl sites for hydroxylation is 1. The van der Waals surface area contributed by atoms with E-state index in [-0.39, 0.29) is 0 Å². The van der Waals surface area contributed by atoms with Gasteiger partial charge in [-0.25, -0.2) is 5.01 Å². The van der Waals surface area contributed by atoms with Crippen molar-refractivity contribution in [3.8, 4) is 0 Å². The van der Waals surface area contributed by atoms with Crippen molar-refractivity contribution in [1.29, 1.82) is 0 Å². The van der Waals surface area contributed by atoms with Gasteiger partial charge in [0.05, 0.1) is 17.6 Å². The molecule has 0 aromatic heterocycles. The molecule has 160 valence electrons. The first-order chi connectivity index (χ1) is 15.7. The summed E-state index contributed by atoms with van der Waals surface area (Å²) < 4.78 is 0. The third-order valence-corrected chi connectivity index (χ3v) is 5.46. The lowest BCUT2D eigenvalue weighted by atomic mass is 10.1. The van der Waals surface area contributed by atoms with Crippen LogP contribution in [0.4, 0.5) is 17.1 Å². The Kier molecular flexibility index (Phi) is 6.98. The molecule has 32 heavy (non-hydrogen) atoms. The summed E-state index contributed by atoms with van der Waals surface area (Å²) in [6, 6.07) is 37.8. The normalized spacial score (nSPS) is 10.9. The van der Waals surface area contributed by atoms with Gasteiger partial charge in [-0.2, -0.15) is 5.10 Å². The quantitative estimate of drug-likeness (QED) is 0.222. The SMILES string of the molecule is CCN(Cc1ccc(C)cc1)c1ccc(/C=N/N(c2ccccc2)c2ccccc2)cc1. The number of anilines is 3. The van der Waals surface area contributed by atoms with E-state index < -0.39 is 0 Å². The van der Waals surface area contributed by atoms with E-state index in [9.17, 15) is 0 Å². The first-order valence-electron chi connectivity index (χ1n) is 11.1. The molecule has 3 heteroatoms. The van der Waals surface area contributed by atoms with Gasteiger partial charge in [0.2, 0.25) is 0 Å². The summed E-state index contributed by atoms with van der Waals surface area (Å²) in [4.78, 5) is 2.38. The maximum Gasteiger partial charge on any atom is 0.0652 e. The van der Waals surface area contributed by atoms with Crippen molar-refractivity contribution in [2.24, 2.45) is 5.10 Å². The Morgan fingerprint density at radius 2 is 1.22 bits per heavy atom. The fraction of sp³-hybridized carbons (Fsp3) is 0.138. The predicted molar refractivity (Wildman–Crippen MR) is 137 cm³/mol. The van der Waals surface area contributed by atoms with E-state index in [0.29, 0.717) is 0 Å². The molecule has 0 atom stereocenters. The van der Waals surface area contributed by atoms with E-state index in [1.165, 1.54) is 16.8 Å². The van der Waals surface area contributed by atoms with Gasteiger partial charge >= 0.3 is 0 Å². The number of benzene rings is 4. The molecule has 0 fully saturated rings. The second kappa shape index (κ2) is 10.5. The number of para-hydroxylation sites is 2. The molecule has 0 heterocycles. The lowest BCUT2D eigenvalue weighted by molar-refractivity contribution is 0.831. The van der Waals surface area contributed by atoms with E-state index in [2.05, 4.69) is 91.5 Å². The number of hydrazone groups is 1. The first-order valence-corrected chi connectivity index (χ1v) is 11.1. The molecule has 0 N–H and O–H groups in total. The van der Waals surface area contributed by atoms with Gasteiger partial charge in [-0.1, -0.05) is 78.4 Å². The average Bonchev–Trinajstić information content (AvgIpc) is 2.86. The molecule has 4 aromatic carbocycles. The van der Waals surface area contributed by atoms with Gasteiger partial charge < -0.3 is 4.90 Å². The fourth-order valence-electron chi connectivity index (χ4n) is 3.62. The highest BCUT2D eigenvalue weighted by molar-refractivity contribution is 5.82. The highest BCUT2D eigenvalue weighted by atomic mass is 15.5. The Hall–Kier alpha value is -3.85. The van der Waals surface area contributed by atoms with E-state index in [4.69, 9.17) is 5.10 Å². The standard InChI is InChI=1S/C29H29N3/c1-3-31(23-26-16-14-24(2)15-17-26)27-20-18-25(19-21-27)22-30-32(28-10-6-4-7-11-28)29-12-8-5-9-13-29/h4-22H,3,23H2,1-2H3/b30-22+. The minimum atomic E-state index is 0.903. The van der Waals surface area contributed by atoms with E-state index in [1.807, 2.05) is 47.6 Å². The maximum absolute atomic E-state index is 4.80. The third-order valence-electron chi connectivity index (χ3n) is 5.46. The maximum atomic E-state index is 4.80. The van der Waals surface area contributed by atoms with Crippen LogP contribution in [0.25, 0.3) is 0 Å². The molecule has 0 spiro atoms. The molecular formula is C29H29N3.